The number of nitrogens with zero attached hydrogens (tertiary/aromatic N) is 3. The van der Waals surface area contributed by atoms with Crippen LogP contribution in [0.15, 0.2) is 18.3 Å². The largest absolute Gasteiger partial charge is 0.478 e. The lowest BCUT2D eigenvalue weighted by atomic mass is 10.2. The first-order valence-corrected chi connectivity index (χ1v) is 7.45. The molecule has 1 N–H and O–H groups in total. The van der Waals surface area contributed by atoms with E-state index in [1.807, 2.05) is 11.8 Å². The Morgan fingerprint density at radius 1 is 1.27 bits per heavy atom. The molecule has 0 radical (unpaired) electrons. The highest BCUT2D eigenvalue weighted by Crippen LogP contribution is 2.11. The van der Waals surface area contributed by atoms with Crippen molar-refractivity contribution in [1.29, 1.82) is 0 Å². The number of rotatable bonds is 5. The molecule has 0 spiro atoms. The van der Waals surface area contributed by atoms with Crippen LogP contribution in [0.4, 0.5) is 0 Å². The number of carbonyl (C=O) groups is 2. The van der Waals surface area contributed by atoms with E-state index in [-0.39, 0.29) is 11.8 Å². The molecule has 7 nitrogen and oxygen atoms in total. The summed E-state index contributed by atoms with van der Waals surface area (Å²) in [5.41, 5.74) is 0.559. The number of carbonyl (C=O) groups excluding carboxylic acids is 2. The van der Waals surface area contributed by atoms with Gasteiger partial charge in [-0.3, -0.25) is 14.5 Å². The summed E-state index contributed by atoms with van der Waals surface area (Å²) in [6, 6.07) is 3.44. The molecule has 2 rings (SSSR count). The average molecular weight is 306 g/mol. The standard InChI is InChI=1S/C15H22N4O3/c1-3-22-14-5-4-12(10-17-14)15(21)19-8-6-18(7-9-19)11-13(20)16-2/h4-5,10H,3,6-9,11H2,1-2H3,(H,16,20). The number of amides is 2. The molecule has 1 aromatic rings. The molecule has 0 bridgehead atoms. The predicted molar refractivity (Wildman–Crippen MR) is 81.8 cm³/mol. The second kappa shape index (κ2) is 7.74. The van der Waals surface area contributed by atoms with Gasteiger partial charge in [0.2, 0.25) is 11.8 Å². The summed E-state index contributed by atoms with van der Waals surface area (Å²) < 4.78 is 5.27. The number of piperazine rings is 1. The molecule has 0 atom stereocenters. The van der Waals surface area contributed by atoms with Crippen LogP contribution in [0.25, 0.3) is 0 Å². The first kappa shape index (κ1) is 16.2. The van der Waals surface area contributed by atoms with Crippen LogP contribution >= 0.6 is 0 Å². The molecular weight excluding hydrogens is 284 g/mol. The van der Waals surface area contributed by atoms with Gasteiger partial charge in [0, 0.05) is 45.5 Å². The van der Waals surface area contributed by atoms with Crippen molar-refractivity contribution in [2.75, 3.05) is 46.4 Å². The lowest BCUT2D eigenvalue weighted by molar-refractivity contribution is -0.122. The minimum absolute atomic E-state index is 0.00418. The van der Waals surface area contributed by atoms with Crippen LogP contribution in [-0.2, 0) is 4.79 Å². The summed E-state index contributed by atoms with van der Waals surface area (Å²) in [4.78, 5) is 31.7. The normalized spacial score (nSPS) is 15.5. The zero-order valence-corrected chi connectivity index (χ0v) is 13.0. The molecule has 0 aliphatic carbocycles. The highest BCUT2D eigenvalue weighted by atomic mass is 16.5. The smallest absolute Gasteiger partial charge is 0.255 e. The fraction of sp³-hybridized carbons (Fsp3) is 0.533. The van der Waals surface area contributed by atoms with Crippen molar-refractivity contribution in [3.63, 3.8) is 0 Å². The molecule has 2 heterocycles. The lowest BCUT2D eigenvalue weighted by Crippen LogP contribution is -2.50. The van der Waals surface area contributed by atoms with E-state index in [9.17, 15) is 9.59 Å². The maximum absolute atomic E-state index is 12.4. The van der Waals surface area contributed by atoms with Crippen molar-refractivity contribution in [3.8, 4) is 5.88 Å². The minimum atomic E-state index is -0.0323. The summed E-state index contributed by atoms with van der Waals surface area (Å²) in [7, 11) is 1.63. The van der Waals surface area contributed by atoms with Crippen molar-refractivity contribution < 1.29 is 14.3 Å². The van der Waals surface area contributed by atoms with E-state index in [1.165, 1.54) is 0 Å². The molecule has 0 saturated carbocycles. The Kier molecular flexibility index (Phi) is 5.71. The Morgan fingerprint density at radius 3 is 2.55 bits per heavy atom. The summed E-state index contributed by atoms with van der Waals surface area (Å²) in [5.74, 6) is 0.486. The third-order valence-electron chi connectivity index (χ3n) is 3.58. The molecule has 7 heteroatoms. The molecule has 2 amide bonds. The molecule has 22 heavy (non-hydrogen) atoms. The number of hydrogen-bond donors (Lipinski definition) is 1. The van der Waals surface area contributed by atoms with Gasteiger partial charge in [-0.2, -0.15) is 0 Å². The van der Waals surface area contributed by atoms with Gasteiger partial charge in [0.05, 0.1) is 18.7 Å². The Morgan fingerprint density at radius 2 is 2.00 bits per heavy atom. The van der Waals surface area contributed by atoms with E-state index in [0.717, 1.165) is 0 Å². The summed E-state index contributed by atoms with van der Waals surface area (Å²) in [6.07, 6.45) is 1.55. The number of aromatic nitrogens is 1. The first-order valence-electron chi connectivity index (χ1n) is 7.45. The molecule has 1 aromatic heterocycles. The monoisotopic (exact) mass is 306 g/mol. The fourth-order valence-electron chi connectivity index (χ4n) is 2.31. The Hall–Kier alpha value is -2.15. The molecule has 1 aliphatic heterocycles. The zero-order valence-electron chi connectivity index (χ0n) is 13.0. The van der Waals surface area contributed by atoms with E-state index in [4.69, 9.17) is 4.74 Å². The summed E-state index contributed by atoms with van der Waals surface area (Å²) >= 11 is 0. The van der Waals surface area contributed by atoms with E-state index in [0.29, 0.717) is 50.8 Å². The maximum Gasteiger partial charge on any atom is 0.255 e. The van der Waals surface area contributed by atoms with Crippen LogP contribution in [-0.4, -0.2) is 73.0 Å². The van der Waals surface area contributed by atoms with Gasteiger partial charge in [0.15, 0.2) is 0 Å². The molecular formula is C15H22N4O3. The van der Waals surface area contributed by atoms with Gasteiger partial charge in [-0.05, 0) is 13.0 Å². The van der Waals surface area contributed by atoms with Gasteiger partial charge in [0.25, 0.3) is 5.91 Å². The topological polar surface area (TPSA) is 74.8 Å². The van der Waals surface area contributed by atoms with Crippen molar-refractivity contribution >= 4 is 11.8 Å². The molecule has 0 aromatic carbocycles. The van der Waals surface area contributed by atoms with Gasteiger partial charge in [-0.15, -0.1) is 0 Å². The maximum atomic E-state index is 12.4. The van der Waals surface area contributed by atoms with Crippen molar-refractivity contribution in [1.82, 2.24) is 20.1 Å². The van der Waals surface area contributed by atoms with Gasteiger partial charge in [-0.25, -0.2) is 4.98 Å². The van der Waals surface area contributed by atoms with Crippen molar-refractivity contribution in [2.45, 2.75) is 6.92 Å². The van der Waals surface area contributed by atoms with Gasteiger partial charge in [-0.1, -0.05) is 0 Å². The van der Waals surface area contributed by atoms with E-state index in [1.54, 1.807) is 30.3 Å². The quantitative estimate of drug-likeness (QED) is 0.828. The second-order valence-electron chi connectivity index (χ2n) is 5.06. The van der Waals surface area contributed by atoms with Crippen LogP contribution in [0, 0.1) is 0 Å². The van der Waals surface area contributed by atoms with Gasteiger partial charge >= 0.3 is 0 Å². The van der Waals surface area contributed by atoms with Gasteiger partial charge < -0.3 is 15.0 Å². The van der Waals surface area contributed by atoms with Crippen LogP contribution in [0.3, 0.4) is 0 Å². The van der Waals surface area contributed by atoms with E-state index >= 15 is 0 Å². The summed E-state index contributed by atoms with van der Waals surface area (Å²) in [6.45, 7) is 5.44. The fourth-order valence-corrected chi connectivity index (χ4v) is 2.31. The van der Waals surface area contributed by atoms with Crippen LogP contribution in [0.2, 0.25) is 0 Å². The zero-order chi connectivity index (χ0) is 15.9. The first-order chi connectivity index (χ1) is 10.6. The molecule has 120 valence electrons. The minimum Gasteiger partial charge on any atom is -0.478 e. The average Bonchev–Trinajstić information content (AvgIpc) is 2.56. The third kappa shape index (κ3) is 4.17. The number of likely N-dealkylation sites (N-methyl/N-ethyl adjacent to an activating group) is 1. The highest BCUT2D eigenvalue weighted by Gasteiger charge is 2.23. The number of ether oxygens (including phenoxy) is 1. The van der Waals surface area contributed by atoms with Gasteiger partial charge in [0.1, 0.15) is 0 Å². The van der Waals surface area contributed by atoms with Crippen LogP contribution in [0.1, 0.15) is 17.3 Å². The van der Waals surface area contributed by atoms with E-state index in [2.05, 4.69) is 10.3 Å². The molecule has 1 saturated heterocycles. The van der Waals surface area contributed by atoms with Crippen LogP contribution in [0.5, 0.6) is 5.88 Å². The van der Waals surface area contributed by atoms with E-state index < -0.39 is 0 Å². The Balaban J connectivity index is 1.87. The second-order valence-corrected chi connectivity index (χ2v) is 5.06. The van der Waals surface area contributed by atoms with Crippen molar-refractivity contribution in [3.05, 3.63) is 23.9 Å². The predicted octanol–water partition coefficient (Wildman–Crippen LogP) is -0.0159. The lowest BCUT2D eigenvalue weighted by Gasteiger charge is -2.34. The third-order valence-corrected chi connectivity index (χ3v) is 3.58. The highest BCUT2D eigenvalue weighted by molar-refractivity contribution is 5.94. The SMILES string of the molecule is CCOc1ccc(C(=O)N2CCN(CC(=O)NC)CC2)cn1. The summed E-state index contributed by atoms with van der Waals surface area (Å²) in [5, 5.41) is 2.61. The number of nitrogens with one attached hydrogen (secondary N) is 1. The van der Waals surface area contributed by atoms with Crippen LogP contribution < -0.4 is 10.1 Å². The molecule has 1 fully saturated rings. The number of pyridine rings is 1. The number of hydrogen-bond acceptors (Lipinski definition) is 5. The van der Waals surface area contributed by atoms with Crippen molar-refractivity contribution in [2.24, 2.45) is 0 Å². The molecule has 1 aliphatic rings. The Bertz CT molecular complexity index is 510. The Labute approximate surface area is 130 Å². The molecule has 0 unspecified atom stereocenters.